The van der Waals surface area contributed by atoms with Crippen molar-refractivity contribution in [1.82, 2.24) is 0 Å². The molecule has 3 nitrogen and oxygen atoms in total. The van der Waals surface area contributed by atoms with Crippen molar-refractivity contribution in [1.29, 1.82) is 0 Å². The number of rotatable bonds is 2. The summed E-state index contributed by atoms with van der Waals surface area (Å²) in [4.78, 5) is 10.5. The van der Waals surface area contributed by atoms with Crippen LogP contribution >= 0.6 is 0 Å². The number of carbonyl (C=O) groups is 1. The molecule has 74 valence electrons. The standard InChI is InChI=1S/C10H9FO3/c1-6(10(13)14)5-7-3-2-4-8(11)9(7)12/h2-5,12H,1H3,(H,13,14)/b6-5+. The minimum Gasteiger partial charge on any atom is -0.504 e. The van der Waals surface area contributed by atoms with Gasteiger partial charge in [-0.15, -0.1) is 0 Å². The fourth-order valence-corrected chi connectivity index (χ4v) is 0.943. The summed E-state index contributed by atoms with van der Waals surface area (Å²) in [5.74, 6) is -2.40. The molecule has 0 amide bonds. The molecule has 0 aromatic heterocycles. The molecule has 0 radical (unpaired) electrons. The van der Waals surface area contributed by atoms with Crippen LogP contribution in [0.5, 0.6) is 5.75 Å². The van der Waals surface area contributed by atoms with Crippen LogP contribution in [-0.2, 0) is 4.79 Å². The maximum atomic E-state index is 12.8. The zero-order valence-electron chi connectivity index (χ0n) is 7.49. The highest BCUT2D eigenvalue weighted by molar-refractivity contribution is 5.91. The van der Waals surface area contributed by atoms with E-state index in [1.807, 2.05) is 0 Å². The molecule has 1 rings (SSSR count). The summed E-state index contributed by atoms with van der Waals surface area (Å²) in [5.41, 5.74) is 0.191. The van der Waals surface area contributed by atoms with Crippen molar-refractivity contribution in [3.8, 4) is 5.75 Å². The number of phenolic OH excluding ortho intramolecular Hbond substituents is 1. The summed E-state index contributed by atoms with van der Waals surface area (Å²) in [5, 5.41) is 17.8. The molecule has 0 bridgehead atoms. The van der Waals surface area contributed by atoms with Gasteiger partial charge in [-0.25, -0.2) is 9.18 Å². The van der Waals surface area contributed by atoms with Crippen molar-refractivity contribution in [3.63, 3.8) is 0 Å². The minimum absolute atomic E-state index is 0.0332. The minimum atomic E-state index is -1.10. The average Bonchev–Trinajstić information content (AvgIpc) is 2.12. The molecule has 1 aromatic carbocycles. The first-order valence-corrected chi connectivity index (χ1v) is 3.91. The van der Waals surface area contributed by atoms with Crippen LogP contribution in [0.3, 0.4) is 0 Å². The van der Waals surface area contributed by atoms with E-state index in [0.717, 1.165) is 6.07 Å². The van der Waals surface area contributed by atoms with Gasteiger partial charge in [-0.1, -0.05) is 12.1 Å². The van der Waals surface area contributed by atoms with Crippen LogP contribution in [-0.4, -0.2) is 16.2 Å². The van der Waals surface area contributed by atoms with E-state index in [1.165, 1.54) is 25.1 Å². The Morgan fingerprint density at radius 1 is 1.50 bits per heavy atom. The summed E-state index contributed by atoms with van der Waals surface area (Å²) in [7, 11) is 0. The Labute approximate surface area is 80.1 Å². The Morgan fingerprint density at radius 3 is 2.71 bits per heavy atom. The first-order valence-electron chi connectivity index (χ1n) is 3.91. The van der Waals surface area contributed by atoms with Crippen molar-refractivity contribution in [2.24, 2.45) is 0 Å². The lowest BCUT2D eigenvalue weighted by Gasteiger charge is -2.00. The van der Waals surface area contributed by atoms with Gasteiger partial charge in [0.15, 0.2) is 11.6 Å². The van der Waals surface area contributed by atoms with E-state index in [-0.39, 0.29) is 11.1 Å². The Hall–Kier alpha value is -1.84. The summed E-state index contributed by atoms with van der Waals surface area (Å²) in [6.45, 7) is 1.37. The second-order valence-corrected chi connectivity index (χ2v) is 2.81. The number of para-hydroxylation sites is 1. The fraction of sp³-hybridized carbons (Fsp3) is 0.100. The van der Waals surface area contributed by atoms with Gasteiger partial charge in [0.05, 0.1) is 0 Å². The molecule has 0 atom stereocenters. The number of phenols is 1. The second-order valence-electron chi connectivity index (χ2n) is 2.81. The molecule has 0 unspecified atom stereocenters. The van der Waals surface area contributed by atoms with E-state index >= 15 is 0 Å². The van der Waals surface area contributed by atoms with E-state index in [4.69, 9.17) is 5.11 Å². The van der Waals surface area contributed by atoms with Crippen molar-refractivity contribution in [2.75, 3.05) is 0 Å². The molecule has 0 aliphatic carbocycles. The van der Waals surface area contributed by atoms with Crippen LogP contribution in [0.1, 0.15) is 12.5 Å². The number of aromatic hydroxyl groups is 1. The van der Waals surface area contributed by atoms with Gasteiger partial charge in [-0.2, -0.15) is 0 Å². The van der Waals surface area contributed by atoms with E-state index in [2.05, 4.69) is 0 Å². The van der Waals surface area contributed by atoms with Gasteiger partial charge < -0.3 is 10.2 Å². The SMILES string of the molecule is C/C(=C\c1cccc(F)c1O)C(=O)O. The van der Waals surface area contributed by atoms with Gasteiger partial charge in [0.1, 0.15) is 0 Å². The molecule has 0 saturated carbocycles. The summed E-state index contributed by atoms with van der Waals surface area (Å²) in [6, 6.07) is 3.93. The number of benzene rings is 1. The third-order valence-electron chi connectivity index (χ3n) is 1.73. The van der Waals surface area contributed by atoms with Gasteiger partial charge in [-0.05, 0) is 19.1 Å². The van der Waals surface area contributed by atoms with Crippen LogP contribution in [0.25, 0.3) is 6.08 Å². The Balaban J connectivity index is 3.15. The Morgan fingerprint density at radius 2 is 2.14 bits per heavy atom. The molecule has 4 heteroatoms. The van der Waals surface area contributed by atoms with Gasteiger partial charge in [0.25, 0.3) is 0 Å². The quantitative estimate of drug-likeness (QED) is 0.711. The lowest BCUT2D eigenvalue weighted by Crippen LogP contribution is -1.95. The fourth-order valence-electron chi connectivity index (χ4n) is 0.943. The highest BCUT2D eigenvalue weighted by Gasteiger charge is 2.06. The summed E-state index contributed by atoms with van der Waals surface area (Å²) >= 11 is 0. The molecule has 0 spiro atoms. The molecular weight excluding hydrogens is 187 g/mol. The number of carboxylic acids is 1. The molecule has 1 aromatic rings. The predicted molar refractivity (Wildman–Crippen MR) is 49.4 cm³/mol. The number of carboxylic acid groups (broad SMARTS) is 1. The van der Waals surface area contributed by atoms with Crippen LogP contribution < -0.4 is 0 Å². The molecule has 0 heterocycles. The van der Waals surface area contributed by atoms with E-state index < -0.39 is 17.5 Å². The third kappa shape index (κ3) is 2.10. The highest BCUT2D eigenvalue weighted by atomic mass is 19.1. The van der Waals surface area contributed by atoms with Crippen molar-refractivity contribution in [3.05, 3.63) is 35.2 Å². The molecular formula is C10H9FO3. The van der Waals surface area contributed by atoms with E-state index in [9.17, 15) is 14.3 Å². The maximum Gasteiger partial charge on any atom is 0.331 e. The number of hydrogen-bond acceptors (Lipinski definition) is 2. The largest absolute Gasteiger partial charge is 0.504 e. The third-order valence-corrected chi connectivity index (χ3v) is 1.73. The smallest absolute Gasteiger partial charge is 0.331 e. The average molecular weight is 196 g/mol. The van der Waals surface area contributed by atoms with Gasteiger partial charge in [0, 0.05) is 11.1 Å². The molecule has 2 N–H and O–H groups in total. The molecule has 0 fully saturated rings. The van der Waals surface area contributed by atoms with E-state index in [1.54, 1.807) is 0 Å². The molecule has 0 saturated heterocycles. The summed E-state index contributed by atoms with van der Waals surface area (Å²) in [6.07, 6.45) is 1.21. The number of hydrogen-bond donors (Lipinski definition) is 2. The van der Waals surface area contributed by atoms with Gasteiger partial charge in [-0.3, -0.25) is 0 Å². The molecule has 14 heavy (non-hydrogen) atoms. The lowest BCUT2D eigenvalue weighted by molar-refractivity contribution is -0.132. The Kier molecular flexibility index (Phi) is 2.86. The zero-order valence-corrected chi connectivity index (χ0v) is 7.49. The molecule has 0 aliphatic rings. The second kappa shape index (κ2) is 3.91. The molecule has 0 aliphatic heterocycles. The zero-order chi connectivity index (χ0) is 10.7. The normalized spacial score (nSPS) is 11.4. The number of halogens is 1. The van der Waals surface area contributed by atoms with Gasteiger partial charge >= 0.3 is 5.97 Å². The van der Waals surface area contributed by atoms with Crippen LogP contribution in [0.15, 0.2) is 23.8 Å². The summed E-state index contributed by atoms with van der Waals surface area (Å²) < 4.78 is 12.8. The van der Waals surface area contributed by atoms with Crippen molar-refractivity contribution in [2.45, 2.75) is 6.92 Å². The Bertz CT molecular complexity index is 396. The van der Waals surface area contributed by atoms with Crippen LogP contribution in [0, 0.1) is 5.82 Å². The lowest BCUT2D eigenvalue weighted by atomic mass is 10.1. The topological polar surface area (TPSA) is 57.5 Å². The van der Waals surface area contributed by atoms with Crippen molar-refractivity contribution >= 4 is 12.0 Å². The highest BCUT2D eigenvalue weighted by Crippen LogP contribution is 2.22. The predicted octanol–water partition coefficient (Wildman–Crippen LogP) is 2.02. The first kappa shape index (κ1) is 10.2. The maximum absolute atomic E-state index is 12.8. The van der Waals surface area contributed by atoms with Crippen molar-refractivity contribution < 1.29 is 19.4 Å². The first-order chi connectivity index (χ1) is 6.52. The van der Waals surface area contributed by atoms with E-state index in [0.29, 0.717) is 0 Å². The van der Waals surface area contributed by atoms with Crippen LogP contribution in [0.4, 0.5) is 4.39 Å². The van der Waals surface area contributed by atoms with Crippen LogP contribution in [0.2, 0.25) is 0 Å². The van der Waals surface area contributed by atoms with Gasteiger partial charge in [0.2, 0.25) is 0 Å². The number of aliphatic carboxylic acids is 1. The monoisotopic (exact) mass is 196 g/mol.